The van der Waals surface area contributed by atoms with E-state index in [0.29, 0.717) is 11.6 Å². The molecule has 46 valence electrons. The Kier molecular flexibility index (Phi) is 2.02. The molecule has 0 aromatic carbocycles. The lowest BCUT2D eigenvalue weighted by Gasteiger charge is -1.99. The zero-order valence-electron chi connectivity index (χ0n) is 3.93. The average Bonchev–Trinajstić information content (AvgIpc) is 2.14. The molecule has 0 amide bonds. The molecular formula is C4H4BrClO2. The van der Waals surface area contributed by atoms with Crippen LogP contribution in [0, 0.1) is 0 Å². The summed E-state index contributed by atoms with van der Waals surface area (Å²) in [5.41, 5.74) is 0. The lowest BCUT2D eigenvalue weighted by Crippen LogP contribution is -1.96. The van der Waals surface area contributed by atoms with Gasteiger partial charge in [-0.3, -0.25) is 0 Å². The number of halogens is 2. The Morgan fingerprint density at radius 3 is 2.88 bits per heavy atom. The van der Waals surface area contributed by atoms with E-state index in [2.05, 4.69) is 15.9 Å². The first-order valence-electron chi connectivity index (χ1n) is 2.04. The molecule has 1 rings (SSSR count). The van der Waals surface area contributed by atoms with Crippen molar-refractivity contribution in [3.05, 3.63) is 12.0 Å². The van der Waals surface area contributed by atoms with Crippen LogP contribution in [-0.2, 0) is 9.47 Å². The van der Waals surface area contributed by atoms with Gasteiger partial charge in [0.05, 0.1) is 5.88 Å². The van der Waals surface area contributed by atoms with Crippen LogP contribution in [-0.4, -0.2) is 11.1 Å². The van der Waals surface area contributed by atoms with E-state index >= 15 is 0 Å². The molecule has 1 unspecified atom stereocenters. The summed E-state index contributed by atoms with van der Waals surface area (Å²) < 4.78 is 9.74. The molecule has 0 aromatic heterocycles. The SMILES string of the molecule is ClCC1=COC(Br)O1. The molecule has 0 aromatic rings. The Morgan fingerprint density at radius 2 is 2.62 bits per heavy atom. The normalized spacial score (nSPS) is 26.2. The average molecular weight is 199 g/mol. The van der Waals surface area contributed by atoms with E-state index in [0.717, 1.165) is 0 Å². The Labute approximate surface area is 60.5 Å². The third-order valence-corrected chi connectivity index (χ3v) is 1.35. The Bertz CT molecular complexity index is 115. The fraction of sp³-hybridized carbons (Fsp3) is 0.500. The standard InChI is InChI=1S/C4H4BrClO2/c5-4-7-2-3(1-6)8-4/h2,4H,1H2. The van der Waals surface area contributed by atoms with E-state index in [1.807, 2.05) is 0 Å². The van der Waals surface area contributed by atoms with Crippen molar-refractivity contribution in [2.75, 3.05) is 5.88 Å². The molecule has 0 aliphatic carbocycles. The second kappa shape index (κ2) is 2.60. The largest absolute Gasteiger partial charge is 0.450 e. The van der Waals surface area contributed by atoms with Gasteiger partial charge in [-0.15, -0.1) is 11.6 Å². The molecule has 0 saturated carbocycles. The van der Waals surface area contributed by atoms with Crippen LogP contribution in [0.25, 0.3) is 0 Å². The monoisotopic (exact) mass is 198 g/mol. The van der Waals surface area contributed by atoms with Gasteiger partial charge in [0.15, 0.2) is 5.76 Å². The zero-order chi connectivity index (χ0) is 5.98. The smallest absolute Gasteiger partial charge is 0.297 e. The second-order valence-corrected chi connectivity index (χ2v) is 2.26. The molecule has 1 heterocycles. The first-order chi connectivity index (χ1) is 3.83. The van der Waals surface area contributed by atoms with Crippen molar-refractivity contribution in [2.24, 2.45) is 0 Å². The number of ether oxygens (including phenoxy) is 2. The van der Waals surface area contributed by atoms with Crippen LogP contribution in [0.1, 0.15) is 0 Å². The fourth-order valence-electron chi connectivity index (χ4n) is 0.367. The maximum Gasteiger partial charge on any atom is 0.297 e. The summed E-state index contributed by atoms with van der Waals surface area (Å²) in [4.78, 5) is 0. The highest BCUT2D eigenvalue weighted by molar-refractivity contribution is 9.09. The highest BCUT2D eigenvalue weighted by atomic mass is 79.9. The lowest BCUT2D eigenvalue weighted by molar-refractivity contribution is 0.0530. The molecule has 1 aliphatic rings. The van der Waals surface area contributed by atoms with E-state index in [4.69, 9.17) is 21.1 Å². The molecule has 0 N–H and O–H groups in total. The van der Waals surface area contributed by atoms with Gasteiger partial charge in [0.2, 0.25) is 0 Å². The minimum absolute atomic E-state index is 0.337. The van der Waals surface area contributed by atoms with Crippen molar-refractivity contribution in [3.63, 3.8) is 0 Å². The Hall–Kier alpha value is 0.110. The van der Waals surface area contributed by atoms with Crippen LogP contribution in [0.15, 0.2) is 12.0 Å². The van der Waals surface area contributed by atoms with Crippen LogP contribution in [0.5, 0.6) is 0 Å². The van der Waals surface area contributed by atoms with Crippen LogP contribution in [0.3, 0.4) is 0 Å². The predicted octanol–water partition coefficient (Wildman–Crippen LogP) is 1.79. The van der Waals surface area contributed by atoms with Crippen molar-refractivity contribution in [3.8, 4) is 0 Å². The van der Waals surface area contributed by atoms with Crippen LogP contribution < -0.4 is 0 Å². The van der Waals surface area contributed by atoms with Crippen molar-refractivity contribution >= 4 is 27.5 Å². The van der Waals surface area contributed by atoms with E-state index in [9.17, 15) is 0 Å². The maximum absolute atomic E-state index is 5.38. The van der Waals surface area contributed by atoms with E-state index in [1.54, 1.807) is 0 Å². The van der Waals surface area contributed by atoms with Gasteiger partial charge in [0.25, 0.3) is 5.20 Å². The van der Waals surface area contributed by atoms with Gasteiger partial charge in [0, 0.05) is 15.9 Å². The van der Waals surface area contributed by atoms with Crippen LogP contribution in [0.2, 0.25) is 0 Å². The highest BCUT2D eigenvalue weighted by Gasteiger charge is 2.13. The molecule has 0 fully saturated rings. The molecular weight excluding hydrogens is 195 g/mol. The summed E-state index contributed by atoms with van der Waals surface area (Å²) >= 11 is 8.44. The number of rotatable bonds is 1. The number of allylic oxidation sites excluding steroid dienone is 1. The molecule has 0 spiro atoms. The van der Waals surface area contributed by atoms with Gasteiger partial charge in [-0.05, 0) is 0 Å². The summed E-state index contributed by atoms with van der Waals surface area (Å²) in [5, 5.41) is -0.337. The van der Waals surface area contributed by atoms with E-state index in [-0.39, 0.29) is 5.20 Å². The predicted molar refractivity (Wildman–Crippen MR) is 33.7 cm³/mol. The highest BCUT2D eigenvalue weighted by Crippen LogP contribution is 2.18. The van der Waals surface area contributed by atoms with Crippen LogP contribution in [0.4, 0.5) is 0 Å². The summed E-state index contributed by atoms with van der Waals surface area (Å²) in [5.74, 6) is 1.02. The van der Waals surface area contributed by atoms with Gasteiger partial charge in [-0.25, -0.2) is 0 Å². The third kappa shape index (κ3) is 1.29. The van der Waals surface area contributed by atoms with E-state index in [1.165, 1.54) is 6.26 Å². The maximum atomic E-state index is 5.38. The first kappa shape index (κ1) is 6.23. The van der Waals surface area contributed by atoms with Crippen molar-refractivity contribution in [1.82, 2.24) is 0 Å². The number of hydrogen-bond acceptors (Lipinski definition) is 2. The lowest BCUT2D eigenvalue weighted by atomic mass is 10.6. The van der Waals surface area contributed by atoms with Gasteiger partial charge >= 0.3 is 0 Å². The number of hydrogen-bond donors (Lipinski definition) is 0. The summed E-state index contributed by atoms with van der Waals surface area (Å²) in [7, 11) is 0. The third-order valence-electron chi connectivity index (χ3n) is 0.682. The molecule has 4 heteroatoms. The van der Waals surface area contributed by atoms with Crippen molar-refractivity contribution in [1.29, 1.82) is 0 Å². The molecule has 1 atom stereocenters. The zero-order valence-corrected chi connectivity index (χ0v) is 6.28. The topological polar surface area (TPSA) is 18.5 Å². The second-order valence-electron chi connectivity index (χ2n) is 1.25. The van der Waals surface area contributed by atoms with Gasteiger partial charge in [0.1, 0.15) is 6.26 Å². The Balaban J connectivity index is 2.37. The van der Waals surface area contributed by atoms with E-state index < -0.39 is 0 Å². The van der Waals surface area contributed by atoms with Gasteiger partial charge in [-0.2, -0.15) is 0 Å². The fourth-order valence-corrected chi connectivity index (χ4v) is 0.841. The first-order valence-corrected chi connectivity index (χ1v) is 3.49. The number of alkyl halides is 2. The summed E-state index contributed by atoms with van der Waals surface area (Å²) in [6, 6.07) is 0. The molecule has 0 bridgehead atoms. The van der Waals surface area contributed by atoms with Gasteiger partial charge < -0.3 is 9.47 Å². The molecule has 0 radical (unpaired) electrons. The quantitative estimate of drug-likeness (QED) is 0.600. The minimum atomic E-state index is -0.337. The summed E-state index contributed by atoms with van der Waals surface area (Å²) in [6.07, 6.45) is 1.49. The molecule has 2 nitrogen and oxygen atoms in total. The molecule has 8 heavy (non-hydrogen) atoms. The molecule has 1 aliphatic heterocycles. The summed E-state index contributed by atoms with van der Waals surface area (Å²) in [6.45, 7) is 0. The Morgan fingerprint density at radius 1 is 1.88 bits per heavy atom. The van der Waals surface area contributed by atoms with Crippen molar-refractivity contribution in [2.45, 2.75) is 5.20 Å². The van der Waals surface area contributed by atoms with Crippen LogP contribution >= 0.6 is 27.5 Å². The molecule has 0 saturated heterocycles. The van der Waals surface area contributed by atoms with Crippen molar-refractivity contribution < 1.29 is 9.47 Å². The van der Waals surface area contributed by atoms with Gasteiger partial charge in [-0.1, -0.05) is 0 Å². The minimum Gasteiger partial charge on any atom is -0.450 e.